The van der Waals surface area contributed by atoms with Crippen molar-refractivity contribution in [2.24, 2.45) is 5.73 Å². The molecule has 5 heteroatoms. The summed E-state index contributed by atoms with van der Waals surface area (Å²) in [5.41, 5.74) is 4.93. The van der Waals surface area contributed by atoms with Gasteiger partial charge in [0, 0.05) is 0 Å². The van der Waals surface area contributed by atoms with Gasteiger partial charge in [0.15, 0.2) is 5.38 Å². The highest BCUT2D eigenvalue weighted by Crippen LogP contribution is 2.07. The fourth-order valence-electron chi connectivity index (χ4n) is 0.526. The molecular formula is C6H12ClNO3. The minimum Gasteiger partial charge on any atom is -0.449 e. The number of hydrogen-bond acceptors (Lipinski definition) is 4. The SMILES string of the molecule is CCC(O)C(Cl)C(=O)OCN. The Labute approximate surface area is 70.3 Å². The fourth-order valence-corrected chi connectivity index (χ4v) is 0.767. The minimum absolute atomic E-state index is 0.210. The number of nitrogens with two attached hydrogens (primary N) is 1. The third-order valence-corrected chi connectivity index (χ3v) is 1.68. The van der Waals surface area contributed by atoms with Crippen LogP contribution in [0.25, 0.3) is 0 Å². The zero-order valence-electron chi connectivity index (χ0n) is 6.29. The molecule has 0 saturated heterocycles. The van der Waals surface area contributed by atoms with E-state index in [1.807, 2.05) is 0 Å². The summed E-state index contributed by atoms with van der Waals surface area (Å²) in [6.45, 7) is 1.51. The maximum Gasteiger partial charge on any atom is 0.328 e. The standard InChI is InChI=1S/C6H12ClNO3/c1-2-4(9)5(7)6(10)11-3-8/h4-5,9H,2-3,8H2,1H3. The molecule has 0 aliphatic heterocycles. The summed E-state index contributed by atoms with van der Waals surface area (Å²) in [6, 6.07) is 0. The summed E-state index contributed by atoms with van der Waals surface area (Å²) in [4.78, 5) is 10.7. The molecule has 11 heavy (non-hydrogen) atoms. The summed E-state index contributed by atoms with van der Waals surface area (Å²) >= 11 is 5.48. The van der Waals surface area contributed by atoms with Gasteiger partial charge in [0.2, 0.25) is 0 Å². The van der Waals surface area contributed by atoms with Gasteiger partial charge in [-0.2, -0.15) is 0 Å². The predicted molar refractivity (Wildman–Crippen MR) is 41.1 cm³/mol. The van der Waals surface area contributed by atoms with Gasteiger partial charge in [-0.1, -0.05) is 6.92 Å². The number of carbonyl (C=O) groups is 1. The lowest BCUT2D eigenvalue weighted by atomic mass is 10.2. The van der Waals surface area contributed by atoms with E-state index >= 15 is 0 Å². The summed E-state index contributed by atoms with van der Waals surface area (Å²) < 4.78 is 4.37. The van der Waals surface area contributed by atoms with Crippen LogP contribution in [0.2, 0.25) is 0 Å². The van der Waals surface area contributed by atoms with Crippen LogP contribution in [0, 0.1) is 0 Å². The Kier molecular flexibility index (Phi) is 5.19. The Hall–Kier alpha value is -0.320. The first-order valence-electron chi connectivity index (χ1n) is 3.32. The molecule has 3 N–H and O–H groups in total. The van der Waals surface area contributed by atoms with Crippen LogP contribution in [0.1, 0.15) is 13.3 Å². The number of halogens is 1. The maximum absolute atomic E-state index is 10.7. The first-order valence-corrected chi connectivity index (χ1v) is 3.76. The van der Waals surface area contributed by atoms with Gasteiger partial charge in [0.25, 0.3) is 0 Å². The Bertz CT molecular complexity index is 131. The van der Waals surface area contributed by atoms with Gasteiger partial charge < -0.3 is 9.84 Å². The van der Waals surface area contributed by atoms with Crippen molar-refractivity contribution in [3.05, 3.63) is 0 Å². The van der Waals surface area contributed by atoms with Gasteiger partial charge in [-0.15, -0.1) is 11.6 Å². The van der Waals surface area contributed by atoms with Crippen molar-refractivity contribution in [2.75, 3.05) is 6.73 Å². The number of aliphatic hydroxyl groups excluding tert-OH is 1. The Balaban J connectivity index is 3.80. The average Bonchev–Trinajstić information content (AvgIpc) is 2.02. The number of ether oxygens (including phenoxy) is 1. The van der Waals surface area contributed by atoms with E-state index in [0.717, 1.165) is 0 Å². The van der Waals surface area contributed by atoms with Crippen molar-refractivity contribution in [1.82, 2.24) is 0 Å². The fraction of sp³-hybridized carbons (Fsp3) is 0.833. The topological polar surface area (TPSA) is 72.5 Å². The van der Waals surface area contributed by atoms with Crippen molar-refractivity contribution in [3.63, 3.8) is 0 Å². The lowest BCUT2D eigenvalue weighted by molar-refractivity contribution is -0.145. The second-order valence-corrected chi connectivity index (χ2v) is 2.48. The molecule has 0 saturated carbocycles. The molecule has 0 radical (unpaired) electrons. The third kappa shape index (κ3) is 3.55. The molecule has 0 rings (SSSR count). The summed E-state index contributed by atoms with van der Waals surface area (Å²) in [7, 11) is 0. The zero-order valence-corrected chi connectivity index (χ0v) is 7.04. The van der Waals surface area contributed by atoms with Crippen molar-refractivity contribution in [3.8, 4) is 0 Å². The second kappa shape index (κ2) is 5.35. The van der Waals surface area contributed by atoms with Crippen molar-refractivity contribution >= 4 is 17.6 Å². The van der Waals surface area contributed by atoms with Gasteiger partial charge in [0.1, 0.15) is 6.73 Å². The summed E-state index contributed by atoms with van der Waals surface area (Å²) in [5, 5.41) is 8.04. The number of esters is 1. The summed E-state index contributed by atoms with van der Waals surface area (Å²) in [5.74, 6) is -0.677. The number of carbonyl (C=O) groups excluding carboxylic acids is 1. The predicted octanol–water partition coefficient (Wildman–Crippen LogP) is -0.176. The lowest BCUT2D eigenvalue weighted by Gasteiger charge is -2.12. The van der Waals surface area contributed by atoms with Gasteiger partial charge >= 0.3 is 5.97 Å². The first kappa shape index (κ1) is 10.7. The molecular weight excluding hydrogens is 170 g/mol. The van der Waals surface area contributed by atoms with E-state index in [0.29, 0.717) is 6.42 Å². The first-order chi connectivity index (χ1) is 5.13. The quantitative estimate of drug-likeness (QED) is 0.359. The number of aliphatic hydroxyl groups is 1. The van der Waals surface area contributed by atoms with Gasteiger partial charge in [-0.05, 0) is 6.42 Å². The van der Waals surface area contributed by atoms with Crippen LogP contribution in [0.4, 0.5) is 0 Å². The van der Waals surface area contributed by atoms with Gasteiger partial charge in [0.05, 0.1) is 6.10 Å². The molecule has 0 amide bonds. The van der Waals surface area contributed by atoms with Crippen LogP contribution in [0.5, 0.6) is 0 Å². The number of hydrogen-bond donors (Lipinski definition) is 2. The highest BCUT2D eigenvalue weighted by molar-refractivity contribution is 6.30. The molecule has 0 fully saturated rings. The smallest absolute Gasteiger partial charge is 0.328 e. The highest BCUT2D eigenvalue weighted by Gasteiger charge is 2.23. The Morgan fingerprint density at radius 1 is 1.82 bits per heavy atom. The zero-order chi connectivity index (χ0) is 8.85. The van der Waals surface area contributed by atoms with E-state index in [9.17, 15) is 4.79 Å². The number of alkyl halides is 1. The van der Waals surface area contributed by atoms with E-state index < -0.39 is 17.5 Å². The molecule has 0 aromatic carbocycles. The van der Waals surface area contributed by atoms with Crippen LogP contribution in [-0.4, -0.2) is 29.3 Å². The van der Waals surface area contributed by atoms with Crippen molar-refractivity contribution < 1.29 is 14.6 Å². The van der Waals surface area contributed by atoms with Crippen LogP contribution in [0.15, 0.2) is 0 Å². The molecule has 0 aliphatic carbocycles. The maximum atomic E-state index is 10.7. The van der Waals surface area contributed by atoms with Crippen LogP contribution in [-0.2, 0) is 9.53 Å². The monoisotopic (exact) mass is 181 g/mol. The van der Waals surface area contributed by atoms with E-state index in [1.54, 1.807) is 6.92 Å². The Morgan fingerprint density at radius 3 is 2.73 bits per heavy atom. The normalized spacial score (nSPS) is 15.6. The van der Waals surface area contributed by atoms with Crippen LogP contribution < -0.4 is 5.73 Å². The molecule has 0 heterocycles. The molecule has 66 valence electrons. The van der Waals surface area contributed by atoms with E-state index in [1.165, 1.54) is 0 Å². The molecule has 0 aliphatic rings. The van der Waals surface area contributed by atoms with E-state index in [-0.39, 0.29) is 6.73 Å². The molecule has 2 unspecified atom stereocenters. The highest BCUT2D eigenvalue weighted by atomic mass is 35.5. The van der Waals surface area contributed by atoms with Gasteiger partial charge in [-0.25, -0.2) is 0 Å². The Morgan fingerprint density at radius 2 is 2.36 bits per heavy atom. The van der Waals surface area contributed by atoms with Crippen molar-refractivity contribution in [2.45, 2.75) is 24.8 Å². The molecule has 0 aromatic rings. The van der Waals surface area contributed by atoms with Gasteiger partial charge in [-0.3, -0.25) is 10.5 Å². The summed E-state index contributed by atoms with van der Waals surface area (Å²) in [6.07, 6.45) is -0.455. The molecule has 0 spiro atoms. The van der Waals surface area contributed by atoms with Crippen LogP contribution >= 0.6 is 11.6 Å². The third-order valence-electron chi connectivity index (χ3n) is 1.21. The largest absolute Gasteiger partial charge is 0.449 e. The van der Waals surface area contributed by atoms with E-state index in [4.69, 9.17) is 22.4 Å². The van der Waals surface area contributed by atoms with Crippen molar-refractivity contribution in [1.29, 1.82) is 0 Å². The second-order valence-electron chi connectivity index (χ2n) is 2.01. The molecule has 0 bridgehead atoms. The average molecular weight is 182 g/mol. The molecule has 4 nitrogen and oxygen atoms in total. The van der Waals surface area contributed by atoms with Crippen LogP contribution in [0.3, 0.4) is 0 Å². The lowest BCUT2D eigenvalue weighted by Crippen LogP contribution is -2.31. The molecule has 0 aromatic heterocycles. The molecule has 2 atom stereocenters. The minimum atomic E-state index is -1.01. The van der Waals surface area contributed by atoms with E-state index in [2.05, 4.69) is 4.74 Å². The number of rotatable bonds is 4.